The van der Waals surface area contributed by atoms with E-state index in [-0.39, 0.29) is 16.7 Å². The Labute approximate surface area is 189 Å². The summed E-state index contributed by atoms with van der Waals surface area (Å²) in [5.74, 6) is -1.03. The maximum absolute atomic E-state index is 13.0. The number of hydrogen-bond donors (Lipinski definition) is 3. The second kappa shape index (κ2) is 9.94. The van der Waals surface area contributed by atoms with Gasteiger partial charge in [0.1, 0.15) is 5.82 Å². The molecule has 32 heavy (non-hydrogen) atoms. The fourth-order valence-corrected chi connectivity index (χ4v) is 4.03. The minimum absolute atomic E-state index is 0.0375. The normalized spacial score (nSPS) is 12.1. The highest BCUT2D eigenvalue weighted by atomic mass is 32.2. The summed E-state index contributed by atoms with van der Waals surface area (Å²) < 4.78 is 35.6. The van der Waals surface area contributed by atoms with Crippen molar-refractivity contribution < 1.29 is 22.4 Å². The van der Waals surface area contributed by atoms with Gasteiger partial charge in [-0.25, -0.2) is 17.9 Å². The van der Waals surface area contributed by atoms with Gasteiger partial charge in [0.25, 0.3) is 5.91 Å². The van der Waals surface area contributed by atoms with Crippen LogP contribution in [0.1, 0.15) is 17.3 Å². The molecule has 0 saturated carbocycles. The van der Waals surface area contributed by atoms with Crippen molar-refractivity contribution in [2.24, 2.45) is 5.14 Å². The van der Waals surface area contributed by atoms with E-state index in [4.69, 9.17) is 5.14 Å². The molecule has 10 heteroatoms. The number of benzene rings is 3. The SMILES string of the molecule is CC(Sc1ccc(NC(=O)c2ccc(F)cc2)cc1)C(=O)Nc1ccc(S(N)(=O)=O)cc1. The van der Waals surface area contributed by atoms with Crippen LogP contribution >= 0.6 is 11.8 Å². The van der Waals surface area contributed by atoms with Gasteiger partial charge in [0.05, 0.1) is 10.1 Å². The Bertz CT molecular complexity index is 1210. The summed E-state index contributed by atoms with van der Waals surface area (Å²) in [6.45, 7) is 1.74. The standard InChI is InChI=1S/C22H20FN3O4S2/c1-14(21(27)25-18-8-12-20(13-9-18)32(24,29)30)31-19-10-6-17(7-11-19)26-22(28)15-2-4-16(23)5-3-15/h2-14H,1H3,(H,25,27)(H,26,28)(H2,24,29,30). The first-order valence-corrected chi connectivity index (χ1v) is 11.8. The van der Waals surface area contributed by atoms with Crippen LogP contribution in [0.2, 0.25) is 0 Å². The number of halogens is 1. The number of nitrogens with one attached hydrogen (secondary N) is 2. The molecule has 1 unspecified atom stereocenters. The topological polar surface area (TPSA) is 118 Å². The molecular formula is C22H20FN3O4S2. The van der Waals surface area contributed by atoms with Crippen molar-refractivity contribution in [2.45, 2.75) is 22.0 Å². The number of thioether (sulfide) groups is 1. The van der Waals surface area contributed by atoms with Crippen LogP contribution in [0.25, 0.3) is 0 Å². The Balaban J connectivity index is 1.55. The summed E-state index contributed by atoms with van der Waals surface area (Å²) in [6.07, 6.45) is 0. The van der Waals surface area contributed by atoms with Gasteiger partial charge in [-0.1, -0.05) is 0 Å². The lowest BCUT2D eigenvalue weighted by Gasteiger charge is -2.13. The van der Waals surface area contributed by atoms with Crippen molar-refractivity contribution in [3.63, 3.8) is 0 Å². The molecule has 0 heterocycles. The molecule has 0 spiro atoms. The van der Waals surface area contributed by atoms with E-state index in [0.29, 0.717) is 16.9 Å². The van der Waals surface area contributed by atoms with Crippen molar-refractivity contribution in [1.29, 1.82) is 0 Å². The van der Waals surface area contributed by atoms with Crippen molar-refractivity contribution >= 4 is 45.0 Å². The number of amides is 2. The van der Waals surface area contributed by atoms with E-state index in [1.807, 2.05) is 0 Å². The molecule has 0 radical (unpaired) electrons. The summed E-state index contributed by atoms with van der Waals surface area (Å²) in [4.78, 5) is 25.4. The van der Waals surface area contributed by atoms with Gasteiger partial charge in [-0.05, 0) is 79.7 Å². The minimum Gasteiger partial charge on any atom is -0.325 e. The van der Waals surface area contributed by atoms with Crippen molar-refractivity contribution in [3.05, 3.63) is 84.2 Å². The molecule has 0 aliphatic heterocycles. The quantitative estimate of drug-likeness (QED) is 0.451. The Morgan fingerprint density at radius 1 is 0.875 bits per heavy atom. The van der Waals surface area contributed by atoms with E-state index in [1.54, 1.807) is 31.2 Å². The smallest absolute Gasteiger partial charge is 0.255 e. The van der Waals surface area contributed by atoms with E-state index in [9.17, 15) is 22.4 Å². The fraction of sp³-hybridized carbons (Fsp3) is 0.0909. The van der Waals surface area contributed by atoms with Crippen LogP contribution in [-0.4, -0.2) is 25.5 Å². The number of carbonyl (C=O) groups excluding carboxylic acids is 2. The second-order valence-corrected chi connectivity index (χ2v) is 9.78. The molecule has 0 saturated heterocycles. The summed E-state index contributed by atoms with van der Waals surface area (Å²) >= 11 is 1.32. The highest BCUT2D eigenvalue weighted by Gasteiger charge is 2.15. The van der Waals surface area contributed by atoms with Gasteiger partial charge in [0, 0.05) is 21.8 Å². The molecule has 166 valence electrons. The Kier molecular flexibility index (Phi) is 7.29. The number of nitrogens with two attached hydrogens (primary N) is 1. The maximum Gasteiger partial charge on any atom is 0.255 e. The Morgan fingerprint density at radius 3 is 1.97 bits per heavy atom. The monoisotopic (exact) mass is 473 g/mol. The van der Waals surface area contributed by atoms with Gasteiger partial charge in [0.2, 0.25) is 15.9 Å². The molecule has 7 nitrogen and oxygen atoms in total. The van der Waals surface area contributed by atoms with Gasteiger partial charge >= 0.3 is 0 Å². The van der Waals surface area contributed by atoms with Gasteiger partial charge in [0.15, 0.2) is 0 Å². The molecule has 0 aliphatic rings. The number of rotatable bonds is 7. The lowest BCUT2D eigenvalue weighted by molar-refractivity contribution is -0.115. The third-order valence-electron chi connectivity index (χ3n) is 4.35. The van der Waals surface area contributed by atoms with Crippen LogP contribution in [0.3, 0.4) is 0 Å². The van der Waals surface area contributed by atoms with Crippen LogP contribution < -0.4 is 15.8 Å². The lowest BCUT2D eigenvalue weighted by Crippen LogP contribution is -2.22. The van der Waals surface area contributed by atoms with Gasteiger partial charge in [-0.3, -0.25) is 9.59 Å². The molecule has 2 amide bonds. The van der Waals surface area contributed by atoms with E-state index in [0.717, 1.165) is 4.90 Å². The summed E-state index contributed by atoms with van der Waals surface area (Å²) in [7, 11) is -3.79. The predicted octanol–water partition coefficient (Wildman–Crippen LogP) is 3.84. The molecule has 1 atom stereocenters. The first-order valence-electron chi connectivity index (χ1n) is 9.39. The Hall–Kier alpha value is -3.21. The van der Waals surface area contributed by atoms with Crippen LogP contribution in [0.4, 0.5) is 15.8 Å². The van der Waals surface area contributed by atoms with Gasteiger partial charge in [-0.2, -0.15) is 0 Å². The van der Waals surface area contributed by atoms with E-state index in [1.165, 1.54) is 60.3 Å². The number of sulfonamides is 1. The highest BCUT2D eigenvalue weighted by Crippen LogP contribution is 2.26. The summed E-state index contributed by atoms with van der Waals surface area (Å²) in [5, 5.41) is 10.1. The zero-order valence-corrected chi connectivity index (χ0v) is 18.5. The maximum atomic E-state index is 13.0. The number of primary sulfonamides is 1. The minimum atomic E-state index is -3.79. The third kappa shape index (κ3) is 6.39. The van der Waals surface area contributed by atoms with Gasteiger partial charge < -0.3 is 10.6 Å². The van der Waals surface area contributed by atoms with Crippen LogP contribution in [0, 0.1) is 5.82 Å². The third-order valence-corrected chi connectivity index (χ3v) is 6.39. The molecule has 0 aliphatic carbocycles. The zero-order chi connectivity index (χ0) is 23.3. The molecular weight excluding hydrogens is 453 g/mol. The molecule has 4 N–H and O–H groups in total. The highest BCUT2D eigenvalue weighted by molar-refractivity contribution is 8.00. The summed E-state index contributed by atoms with van der Waals surface area (Å²) in [6, 6.07) is 17.8. The predicted molar refractivity (Wildman–Crippen MR) is 123 cm³/mol. The van der Waals surface area contributed by atoms with E-state index in [2.05, 4.69) is 10.6 Å². The molecule has 0 aromatic heterocycles. The average molecular weight is 474 g/mol. The average Bonchev–Trinajstić information content (AvgIpc) is 2.75. The molecule has 0 bridgehead atoms. The van der Waals surface area contributed by atoms with Crippen molar-refractivity contribution in [1.82, 2.24) is 0 Å². The summed E-state index contributed by atoms with van der Waals surface area (Å²) in [5.41, 5.74) is 1.36. The number of anilines is 2. The van der Waals surface area contributed by atoms with Gasteiger partial charge in [-0.15, -0.1) is 11.8 Å². The lowest BCUT2D eigenvalue weighted by atomic mass is 10.2. The number of hydrogen-bond acceptors (Lipinski definition) is 5. The molecule has 3 rings (SSSR count). The fourth-order valence-electron chi connectivity index (χ4n) is 2.65. The van der Waals surface area contributed by atoms with Crippen molar-refractivity contribution in [3.8, 4) is 0 Å². The van der Waals surface area contributed by atoms with Crippen LogP contribution in [0.5, 0.6) is 0 Å². The number of carbonyl (C=O) groups is 2. The van der Waals surface area contributed by atoms with Crippen LogP contribution in [-0.2, 0) is 14.8 Å². The van der Waals surface area contributed by atoms with Crippen molar-refractivity contribution in [2.75, 3.05) is 10.6 Å². The second-order valence-electron chi connectivity index (χ2n) is 6.80. The largest absolute Gasteiger partial charge is 0.325 e. The first kappa shape index (κ1) is 23.5. The first-order chi connectivity index (χ1) is 15.1. The zero-order valence-electron chi connectivity index (χ0n) is 16.9. The van der Waals surface area contributed by atoms with E-state index < -0.39 is 21.1 Å². The molecule has 0 fully saturated rings. The Morgan fingerprint density at radius 2 is 1.41 bits per heavy atom. The van der Waals surface area contributed by atoms with Crippen LogP contribution in [0.15, 0.2) is 82.6 Å². The molecule has 3 aromatic carbocycles. The van der Waals surface area contributed by atoms with E-state index >= 15 is 0 Å². The molecule has 3 aromatic rings.